The Morgan fingerprint density at radius 1 is 1.26 bits per heavy atom. The van der Waals surface area contributed by atoms with Gasteiger partial charge in [0.05, 0.1) is 11.9 Å². The van der Waals surface area contributed by atoms with Gasteiger partial charge in [-0.05, 0) is 25.0 Å². The first kappa shape index (κ1) is 14.9. The van der Waals surface area contributed by atoms with Gasteiger partial charge in [0.1, 0.15) is 5.82 Å². The highest BCUT2D eigenvalue weighted by molar-refractivity contribution is 5.90. The van der Waals surface area contributed by atoms with E-state index in [2.05, 4.69) is 15.6 Å². The molecule has 1 aromatic rings. The lowest BCUT2D eigenvalue weighted by atomic mass is 10.2. The molecule has 0 saturated heterocycles. The Hall–Kier alpha value is -2.11. The third-order valence-electron chi connectivity index (χ3n) is 2.45. The summed E-state index contributed by atoms with van der Waals surface area (Å²) in [6.07, 6.45) is 3.62. The highest BCUT2D eigenvalue weighted by Crippen LogP contribution is 2.08. The Labute approximate surface area is 112 Å². The summed E-state index contributed by atoms with van der Waals surface area (Å²) in [7, 11) is 0. The summed E-state index contributed by atoms with van der Waals surface area (Å²) in [6.45, 7) is 2.68. The number of nitrogens with two attached hydrogens (primary N) is 1. The van der Waals surface area contributed by atoms with E-state index in [1.165, 1.54) is 6.20 Å². The molecule has 19 heavy (non-hydrogen) atoms. The number of carbonyl (C=O) groups is 2. The molecule has 6 heteroatoms. The second kappa shape index (κ2) is 8.07. The molecule has 1 rings (SSSR count). The van der Waals surface area contributed by atoms with Crippen molar-refractivity contribution >= 4 is 23.3 Å². The molecule has 0 bridgehead atoms. The van der Waals surface area contributed by atoms with Gasteiger partial charge in [-0.2, -0.15) is 0 Å². The number of nitrogen functional groups attached to an aromatic ring is 1. The maximum absolute atomic E-state index is 11.6. The number of nitrogens with one attached hydrogen (secondary N) is 2. The Bertz CT molecular complexity index is 417. The van der Waals surface area contributed by atoms with Crippen molar-refractivity contribution in [3.05, 3.63) is 18.3 Å². The van der Waals surface area contributed by atoms with E-state index in [1.54, 1.807) is 12.1 Å². The van der Waals surface area contributed by atoms with Gasteiger partial charge in [0.2, 0.25) is 11.8 Å². The Kier molecular flexibility index (Phi) is 6.35. The van der Waals surface area contributed by atoms with Crippen molar-refractivity contribution in [1.82, 2.24) is 10.3 Å². The quantitative estimate of drug-likeness (QED) is 0.691. The average Bonchev–Trinajstić information content (AvgIpc) is 2.39. The standard InChI is InChI=1S/C13H20N4O2/c1-2-8-15-12(18)4-3-5-13(19)17-10-6-7-11(14)16-9-10/h6-7,9H,2-5,8H2,1H3,(H2,14,16)(H,15,18)(H,17,19). The molecule has 0 spiro atoms. The Morgan fingerprint density at radius 2 is 2.00 bits per heavy atom. The average molecular weight is 264 g/mol. The molecular weight excluding hydrogens is 244 g/mol. The fraction of sp³-hybridized carbons (Fsp3) is 0.462. The van der Waals surface area contributed by atoms with Crippen molar-refractivity contribution in [2.45, 2.75) is 32.6 Å². The molecule has 0 atom stereocenters. The van der Waals surface area contributed by atoms with Gasteiger partial charge >= 0.3 is 0 Å². The predicted molar refractivity (Wildman–Crippen MR) is 74.4 cm³/mol. The molecular formula is C13H20N4O2. The van der Waals surface area contributed by atoms with Crippen molar-refractivity contribution in [1.29, 1.82) is 0 Å². The minimum Gasteiger partial charge on any atom is -0.384 e. The van der Waals surface area contributed by atoms with Crippen LogP contribution < -0.4 is 16.4 Å². The minimum absolute atomic E-state index is 0.0104. The molecule has 104 valence electrons. The van der Waals surface area contributed by atoms with E-state index in [9.17, 15) is 9.59 Å². The number of anilines is 2. The second-order valence-corrected chi connectivity index (χ2v) is 4.22. The van der Waals surface area contributed by atoms with Crippen LogP contribution in [0.5, 0.6) is 0 Å². The van der Waals surface area contributed by atoms with Gasteiger partial charge < -0.3 is 16.4 Å². The molecule has 1 heterocycles. The molecule has 6 nitrogen and oxygen atoms in total. The fourth-order valence-electron chi connectivity index (χ4n) is 1.47. The molecule has 0 unspecified atom stereocenters. The molecule has 2 amide bonds. The van der Waals surface area contributed by atoms with Crippen LogP contribution in [0.4, 0.5) is 11.5 Å². The van der Waals surface area contributed by atoms with Crippen LogP contribution in [0.2, 0.25) is 0 Å². The first-order valence-corrected chi connectivity index (χ1v) is 6.40. The molecule has 0 aliphatic rings. The molecule has 0 aliphatic heterocycles. The highest BCUT2D eigenvalue weighted by atomic mass is 16.2. The van der Waals surface area contributed by atoms with Crippen molar-refractivity contribution < 1.29 is 9.59 Å². The van der Waals surface area contributed by atoms with Crippen LogP contribution in [0.25, 0.3) is 0 Å². The Morgan fingerprint density at radius 3 is 2.63 bits per heavy atom. The first-order chi connectivity index (χ1) is 9.11. The van der Waals surface area contributed by atoms with Crippen LogP contribution in [0.1, 0.15) is 32.6 Å². The highest BCUT2D eigenvalue weighted by Gasteiger charge is 2.05. The number of hydrogen-bond acceptors (Lipinski definition) is 4. The lowest BCUT2D eigenvalue weighted by Gasteiger charge is -2.05. The van der Waals surface area contributed by atoms with E-state index < -0.39 is 0 Å². The summed E-state index contributed by atoms with van der Waals surface area (Å²) in [5.74, 6) is 0.268. The van der Waals surface area contributed by atoms with Crippen LogP contribution >= 0.6 is 0 Å². The van der Waals surface area contributed by atoms with E-state index >= 15 is 0 Å². The van der Waals surface area contributed by atoms with Gasteiger partial charge in [0, 0.05) is 19.4 Å². The van der Waals surface area contributed by atoms with Gasteiger partial charge in [-0.15, -0.1) is 0 Å². The Balaban J connectivity index is 2.21. The SMILES string of the molecule is CCCNC(=O)CCCC(=O)Nc1ccc(N)nc1. The molecule has 0 aromatic carbocycles. The van der Waals surface area contributed by atoms with E-state index in [-0.39, 0.29) is 11.8 Å². The van der Waals surface area contributed by atoms with E-state index in [0.29, 0.717) is 37.3 Å². The summed E-state index contributed by atoms with van der Waals surface area (Å²) in [4.78, 5) is 26.8. The number of hydrogen-bond donors (Lipinski definition) is 3. The summed E-state index contributed by atoms with van der Waals surface area (Å²) in [5.41, 5.74) is 6.05. The van der Waals surface area contributed by atoms with Gasteiger partial charge in [-0.1, -0.05) is 6.92 Å². The lowest BCUT2D eigenvalue weighted by molar-refractivity contribution is -0.121. The summed E-state index contributed by atoms with van der Waals surface area (Å²) in [6, 6.07) is 3.31. The lowest BCUT2D eigenvalue weighted by Crippen LogP contribution is -2.24. The van der Waals surface area contributed by atoms with Gasteiger partial charge in [-0.3, -0.25) is 9.59 Å². The molecule has 1 aromatic heterocycles. The monoisotopic (exact) mass is 264 g/mol. The van der Waals surface area contributed by atoms with Gasteiger partial charge in [0.25, 0.3) is 0 Å². The predicted octanol–water partition coefficient (Wildman–Crippen LogP) is 1.30. The number of amides is 2. The van der Waals surface area contributed by atoms with Crippen LogP contribution in [-0.2, 0) is 9.59 Å². The van der Waals surface area contributed by atoms with Gasteiger partial charge in [-0.25, -0.2) is 4.98 Å². The maximum atomic E-state index is 11.6. The summed E-state index contributed by atoms with van der Waals surface area (Å²) < 4.78 is 0. The van der Waals surface area contributed by atoms with E-state index in [4.69, 9.17) is 5.73 Å². The van der Waals surface area contributed by atoms with Crippen LogP contribution in [0.3, 0.4) is 0 Å². The summed E-state index contributed by atoms with van der Waals surface area (Å²) >= 11 is 0. The molecule has 0 fully saturated rings. The number of rotatable bonds is 7. The smallest absolute Gasteiger partial charge is 0.224 e. The minimum atomic E-state index is -0.130. The van der Waals surface area contributed by atoms with E-state index in [0.717, 1.165) is 6.42 Å². The van der Waals surface area contributed by atoms with Crippen molar-refractivity contribution in [2.75, 3.05) is 17.6 Å². The third kappa shape index (κ3) is 6.40. The van der Waals surface area contributed by atoms with E-state index in [1.807, 2.05) is 6.92 Å². The first-order valence-electron chi connectivity index (χ1n) is 6.40. The normalized spacial score (nSPS) is 9.95. The summed E-state index contributed by atoms with van der Waals surface area (Å²) in [5, 5.41) is 5.46. The topological polar surface area (TPSA) is 97.1 Å². The third-order valence-corrected chi connectivity index (χ3v) is 2.45. The van der Waals surface area contributed by atoms with Crippen molar-refractivity contribution in [3.63, 3.8) is 0 Å². The zero-order valence-electron chi connectivity index (χ0n) is 11.1. The molecule has 4 N–H and O–H groups in total. The van der Waals surface area contributed by atoms with Crippen LogP contribution in [0.15, 0.2) is 18.3 Å². The van der Waals surface area contributed by atoms with Crippen molar-refractivity contribution in [3.8, 4) is 0 Å². The number of nitrogens with zero attached hydrogens (tertiary/aromatic N) is 1. The van der Waals surface area contributed by atoms with Crippen LogP contribution in [-0.4, -0.2) is 23.3 Å². The zero-order valence-corrected chi connectivity index (χ0v) is 11.1. The maximum Gasteiger partial charge on any atom is 0.224 e. The van der Waals surface area contributed by atoms with Crippen LogP contribution in [0, 0.1) is 0 Å². The largest absolute Gasteiger partial charge is 0.384 e. The second-order valence-electron chi connectivity index (χ2n) is 4.22. The molecule has 0 radical (unpaired) electrons. The number of pyridine rings is 1. The zero-order chi connectivity index (χ0) is 14.1. The fourth-order valence-corrected chi connectivity index (χ4v) is 1.47. The molecule has 0 aliphatic carbocycles. The number of aromatic nitrogens is 1. The molecule has 0 saturated carbocycles. The van der Waals surface area contributed by atoms with Gasteiger partial charge in [0.15, 0.2) is 0 Å². The number of carbonyl (C=O) groups excluding carboxylic acids is 2. The van der Waals surface area contributed by atoms with Crippen molar-refractivity contribution in [2.24, 2.45) is 0 Å².